The molecule has 0 fully saturated rings. The van der Waals surface area contributed by atoms with E-state index in [0.29, 0.717) is 6.54 Å². The van der Waals surface area contributed by atoms with Gasteiger partial charge in [0.25, 0.3) is 0 Å². The molecule has 0 N–H and O–H groups in total. The lowest BCUT2D eigenvalue weighted by Gasteiger charge is -2.20. The van der Waals surface area contributed by atoms with Crippen molar-refractivity contribution in [2.75, 3.05) is 6.54 Å². The highest BCUT2D eigenvalue weighted by molar-refractivity contribution is 5.17. The van der Waals surface area contributed by atoms with E-state index in [4.69, 9.17) is 0 Å². The van der Waals surface area contributed by atoms with E-state index in [1.807, 2.05) is 24.3 Å². The average molecular weight is 244 g/mol. The van der Waals surface area contributed by atoms with Crippen molar-refractivity contribution in [3.63, 3.8) is 0 Å². The van der Waals surface area contributed by atoms with Gasteiger partial charge in [-0.25, -0.2) is 4.39 Å². The van der Waals surface area contributed by atoms with E-state index in [1.165, 1.54) is 11.6 Å². The van der Waals surface area contributed by atoms with E-state index in [2.05, 4.69) is 16.8 Å². The van der Waals surface area contributed by atoms with Crippen LogP contribution in [0.15, 0.2) is 48.8 Å². The van der Waals surface area contributed by atoms with Crippen LogP contribution in [0.25, 0.3) is 0 Å². The third kappa shape index (κ3) is 3.37. The molecule has 1 heterocycles. The molecule has 3 heteroatoms. The van der Waals surface area contributed by atoms with Gasteiger partial charge < -0.3 is 0 Å². The van der Waals surface area contributed by atoms with Crippen molar-refractivity contribution in [1.29, 1.82) is 0 Å². The molecule has 0 radical (unpaired) electrons. The van der Waals surface area contributed by atoms with Crippen LogP contribution in [0.4, 0.5) is 4.39 Å². The van der Waals surface area contributed by atoms with Crippen LogP contribution in [-0.4, -0.2) is 16.4 Å². The van der Waals surface area contributed by atoms with Gasteiger partial charge in [-0.1, -0.05) is 25.1 Å². The second-order valence-electron chi connectivity index (χ2n) is 4.25. The summed E-state index contributed by atoms with van der Waals surface area (Å²) in [6.45, 7) is 4.41. The molecule has 1 aromatic carbocycles. The number of aromatic nitrogens is 1. The first kappa shape index (κ1) is 12.7. The van der Waals surface area contributed by atoms with E-state index in [9.17, 15) is 4.39 Å². The smallest absolute Gasteiger partial charge is 0.127 e. The van der Waals surface area contributed by atoms with Gasteiger partial charge in [-0.05, 0) is 30.3 Å². The Hall–Kier alpha value is -1.74. The Morgan fingerprint density at radius 2 is 1.78 bits per heavy atom. The summed E-state index contributed by atoms with van der Waals surface area (Å²) in [5, 5.41) is 0. The second kappa shape index (κ2) is 6.26. The number of hydrogen-bond donors (Lipinski definition) is 0. The van der Waals surface area contributed by atoms with E-state index in [0.717, 1.165) is 18.7 Å². The Balaban J connectivity index is 2.04. The molecule has 0 aliphatic heterocycles. The topological polar surface area (TPSA) is 16.1 Å². The summed E-state index contributed by atoms with van der Waals surface area (Å²) in [6, 6.07) is 10.9. The third-order valence-corrected chi connectivity index (χ3v) is 2.95. The fourth-order valence-electron chi connectivity index (χ4n) is 1.89. The summed E-state index contributed by atoms with van der Waals surface area (Å²) in [5.41, 5.74) is 1.94. The van der Waals surface area contributed by atoms with Crippen LogP contribution in [0.3, 0.4) is 0 Å². The second-order valence-corrected chi connectivity index (χ2v) is 4.25. The highest BCUT2D eigenvalue weighted by Crippen LogP contribution is 2.12. The lowest BCUT2D eigenvalue weighted by Crippen LogP contribution is -2.22. The summed E-state index contributed by atoms with van der Waals surface area (Å²) < 4.78 is 13.6. The maximum Gasteiger partial charge on any atom is 0.127 e. The van der Waals surface area contributed by atoms with Crippen LogP contribution in [0.1, 0.15) is 18.1 Å². The summed E-state index contributed by atoms with van der Waals surface area (Å²) in [5.74, 6) is -0.134. The maximum atomic E-state index is 13.6. The van der Waals surface area contributed by atoms with Crippen LogP contribution < -0.4 is 0 Å². The van der Waals surface area contributed by atoms with Gasteiger partial charge in [-0.3, -0.25) is 9.88 Å². The molecule has 0 bridgehead atoms. The van der Waals surface area contributed by atoms with Gasteiger partial charge in [0.05, 0.1) is 0 Å². The molecule has 0 atom stereocenters. The van der Waals surface area contributed by atoms with E-state index in [1.54, 1.807) is 18.5 Å². The Labute approximate surface area is 107 Å². The molecule has 0 spiro atoms. The Kier molecular flexibility index (Phi) is 4.42. The average Bonchev–Trinajstić information content (AvgIpc) is 2.41. The SMILES string of the molecule is CCN(Cc1ccncc1)Cc1ccccc1F. The molecule has 0 saturated heterocycles. The summed E-state index contributed by atoms with van der Waals surface area (Å²) in [6.07, 6.45) is 3.57. The van der Waals surface area contributed by atoms with E-state index < -0.39 is 0 Å². The first-order valence-electron chi connectivity index (χ1n) is 6.14. The fraction of sp³-hybridized carbons (Fsp3) is 0.267. The zero-order valence-electron chi connectivity index (χ0n) is 10.5. The molecule has 0 amide bonds. The van der Waals surface area contributed by atoms with E-state index >= 15 is 0 Å². The van der Waals surface area contributed by atoms with Crippen LogP contribution >= 0.6 is 0 Å². The summed E-state index contributed by atoms with van der Waals surface area (Å²) in [4.78, 5) is 6.20. The van der Waals surface area contributed by atoms with Gasteiger partial charge in [0.15, 0.2) is 0 Å². The molecule has 2 nitrogen and oxygen atoms in total. The van der Waals surface area contributed by atoms with Gasteiger partial charge in [0.1, 0.15) is 5.82 Å². The molecule has 18 heavy (non-hydrogen) atoms. The fourth-order valence-corrected chi connectivity index (χ4v) is 1.89. The normalized spacial score (nSPS) is 10.8. The van der Waals surface area contributed by atoms with Crippen molar-refractivity contribution in [1.82, 2.24) is 9.88 Å². The standard InChI is InChI=1S/C15H17FN2/c1-2-18(11-13-7-9-17-10-8-13)12-14-5-3-4-6-15(14)16/h3-10H,2,11-12H2,1H3. The highest BCUT2D eigenvalue weighted by atomic mass is 19.1. The van der Waals surface area contributed by atoms with Crippen molar-refractivity contribution >= 4 is 0 Å². The molecule has 0 aliphatic carbocycles. The molecule has 2 rings (SSSR count). The zero-order valence-corrected chi connectivity index (χ0v) is 10.5. The van der Waals surface area contributed by atoms with Gasteiger partial charge in [0.2, 0.25) is 0 Å². The first-order valence-corrected chi connectivity index (χ1v) is 6.14. The zero-order chi connectivity index (χ0) is 12.8. The number of rotatable bonds is 5. The minimum atomic E-state index is -0.134. The van der Waals surface area contributed by atoms with Crippen molar-refractivity contribution < 1.29 is 4.39 Å². The van der Waals surface area contributed by atoms with E-state index in [-0.39, 0.29) is 5.82 Å². The summed E-state index contributed by atoms with van der Waals surface area (Å²) in [7, 11) is 0. The molecule has 0 unspecified atom stereocenters. The van der Waals surface area contributed by atoms with Gasteiger partial charge in [0, 0.05) is 31.0 Å². The number of hydrogen-bond acceptors (Lipinski definition) is 2. The number of pyridine rings is 1. The maximum absolute atomic E-state index is 13.6. The molecular weight excluding hydrogens is 227 g/mol. The van der Waals surface area contributed by atoms with Crippen LogP contribution in [0, 0.1) is 5.82 Å². The molecule has 94 valence electrons. The number of halogens is 1. The minimum absolute atomic E-state index is 0.134. The van der Waals surface area contributed by atoms with Crippen molar-refractivity contribution in [2.45, 2.75) is 20.0 Å². The van der Waals surface area contributed by atoms with Gasteiger partial charge in [-0.2, -0.15) is 0 Å². The monoisotopic (exact) mass is 244 g/mol. The molecular formula is C15H17FN2. The molecule has 2 aromatic rings. The minimum Gasteiger partial charge on any atom is -0.295 e. The number of benzene rings is 1. The van der Waals surface area contributed by atoms with Crippen LogP contribution in [0.5, 0.6) is 0 Å². The van der Waals surface area contributed by atoms with Gasteiger partial charge >= 0.3 is 0 Å². The summed E-state index contributed by atoms with van der Waals surface area (Å²) >= 11 is 0. The Morgan fingerprint density at radius 3 is 2.44 bits per heavy atom. The van der Waals surface area contributed by atoms with Gasteiger partial charge in [-0.15, -0.1) is 0 Å². The lowest BCUT2D eigenvalue weighted by molar-refractivity contribution is 0.267. The van der Waals surface area contributed by atoms with Crippen molar-refractivity contribution in [3.05, 3.63) is 65.7 Å². The molecule has 1 aromatic heterocycles. The largest absolute Gasteiger partial charge is 0.295 e. The van der Waals surface area contributed by atoms with Crippen molar-refractivity contribution in [3.8, 4) is 0 Å². The predicted octanol–water partition coefficient (Wildman–Crippen LogP) is 3.24. The first-order chi connectivity index (χ1) is 8.79. The predicted molar refractivity (Wildman–Crippen MR) is 70.4 cm³/mol. The number of nitrogens with zero attached hydrogens (tertiary/aromatic N) is 2. The van der Waals surface area contributed by atoms with Crippen molar-refractivity contribution in [2.24, 2.45) is 0 Å². The third-order valence-electron chi connectivity index (χ3n) is 2.95. The highest BCUT2D eigenvalue weighted by Gasteiger charge is 2.07. The van der Waals surface area contributed by atoms with Crippen LogP contribution in [0.2, 0.25) is 0 Å². The Bertz CT molecular complexity index is 485. The lowest BCUT2D eigenvalue weighted by atomic mass is 10.2. The van der Waals surface area contributed by atoms with Crippen LogP contribution in [-0.2, 0) is 13.1 Å². The molecule has 0 saturated carbocycles. The quantitative estimate of drug-likeness (QED) is 0.802. The molecule has 0 aliphatic rings. The Morgan fingerprint density at radius 1 is 1.06 bits per heavy atom.